The highest BCUT2D eigenvalue weighted by Gasteiger charge is 2.08. The van der Waals surface area contributed by atoms with Crippen LogP contribution in [-0.4, -0.2) is 13.1 Å². The van der Waals surface area contributed by atoms with E-state index in [0.29, 0.717) is 5.56 Å². The molecule has 0 amide bonds. The van der Waals surface area contributed by atoms with Gasteiger partial charge in [0.15, 0.2) is 0 Å². The Morgan fingerprint density at radius 3 is 2.70 bits per heavy atom. The molecule has 0 unspecified atom stereocenters. The highest BCUT2D eigenvalue weighted by Crippen LogP contribution is 2.28. The van der Waals surface area contributed by atoms with E-state index in [-0.39, 0.29) is 5.97 Å². The average molecular weight is 351 g/mol. The van der Waals surface area contributed by atoms with Crippen LogP contribution in [-0.2, 0) is 10.5 Å². The fourth-order valence-electron chi connectivity index (χ4n) is 1.78. The number of hydrogen-bond acceptors (Lipinski definition) is 3. The molecule has 0 heterocycles. The molecule has 2 aromatic carbocycles. The second-order valence-electron chi connectivity index (χ2n) is 4.40. The molecule has 2 nitrogen and oxygen atoms in total. The van der Waals surface area contributed by atoms with Crippen molar-refractivity contribution in [1.29, 1.82) is 0 Å². The number of benzene rings is 2. The number of esters is 1. The molecule has 0 aliphatic heterocycles. The number of aryl methyl sites for hydroxylation is 1. The lowest BCUT2D eigenvalue weighted by Crippen LogP contribution is -2.01. The maximum atomic E-state index is 11.4. The normalized spacial score (nSPS) is 10.3. The first kappa shape index (κ1) is 15.1. The van der Waals surface area contributed by atoms with E-state index in [1.165, 1.54) is 17.6 Å². The maximum absolute atomic E-state index is 11.4. The first-order valence-electron chi connectivity index (χ1n) is 6.16. The Morgan fingerprint density at radius 2 is 2.05 bits per heavy atom. The lowest BCUT2D eigenvalue weighted by Gasteiger charge is -2.07. The summed E-state index contributed by atoms with van der Waals surface area (Å²) in [5.41, 5.74) is 2.97. The number of hydrogen-bond donors (Lipinski definition) is 0. The van der Waals surface area contributed by atoms with Crippen LogP contribution in [0.2, 0.25) is 0 Å². The van der Waals surface area contributed by atoms with Gasteiger partial charge in [-0.05, 0) is 36.8 Å². The molecule has 2 rings (SSSR count). The maximum Gasteiger partial charge on any atom is 0.337 e. The van der Waals surface area contributed by atoms with Crippen molar-refractivity contribution < 1.29 is 9.53 Å². The number of carbonyl (C=O) groups is 1. The summed E-state index contributed by atoms with van der Waals surface area (Å²) < 4.78 is 5.64. The van der Waals surface area contributed by atoms with Gasteiger partial charge in [-0.1, -0.05) is 39.7 Å². The van der Waals surface area contributed by atoms with Gasteiger partial charge < -0.3 is 4.74 Å². The molecular formula is C16H15BrO2S. The van der Waals surface area contributed by atoms with Crippen molar-refractivity contribution >= 4 is 33.7 Å². The van der Waals surface area contributed by atoms with Crippen LogP contribution in [0.25, 0.3) is 0 Å². The second kappa shape index (κ2) is 6.95. The lowest BCUT2D eigenvalue weighted by molar-refractivity contribution is 0.0600. The Morgan fingerprint density at radius 1 is 1.25 bits per heavy atom. The van der Waals surface area contributed by atoms with E-state index in [4.69, 9.17) is 4.74 Å². The largest absolute Gasteiger partial charge is 0.465 e. The van der Waals surface area contributed by atoms with E-state index in [0.717, 1.165) is 15.8 Å². The van der Waals surface area contributed by atoms with Crippen LogP contribution < -0.4 is 0 Å². The monoisotopic (exact) mass is 350 g/mol. The van der Waals surface area contributed by atoms with Crippen molar-refractivity contribution in [3.8, 4) is 0 Å². The zero-order chi connectivity index (χ0) is 14.5. The Labute approximate surface area is 131 Å². The average Bonchev–Trinajstić information content (AvgIpc) is 2.45. The van der Waals surface area contributed by atoms with Crippen LogP contribution in [0.4, 0.5) is 0 Å². The molecule has 2 aromatic rings. The molecular weight excluding hydrogens is 336 g/mol. The number of halogens is 1. The molecule has 0 radical (unpaired) electrons. The molecule has 0 aliphatic rings. The summed E-state index contributed by atoms with van der Waals surface area (Å²) in [6.07, 6.45) is 0. The summed E-state index contributed by atoms with van der Waals surface area (Å²) in [6, 6.07) is 14.0. The molecule has 0 atom stereocenters. The first-order valence-corrected chi connectivity index (χ1v) is 7.94. The molecule has 0 aliphatic carbocycles. The summed E-state index contributed by atoms with van der Waals surface area (Å²) in [7, 11) is 1.39. The number of carbonyl (C=O) groups excluding carboxylic acids is 1. The van der Waals surface area contributed by atoms with Crippen LogP contribution in [0, 0.1) is 6.92 Å². The number of thioether (sulfide) groups is 1. The third kappa shape index (κ3) is 3.87. The minimum absolute atomic E-state index is 0.316. The first-order chi connectivity index (χ1) is 9.60. The fourth-order valence-corrected chi connectivity index (χ4v) is 3.50. The third-order valence-corrected chi connectivity index (χ3v) is 4.64. The molecule has 0 aromatic heterocycles. The summed E-state index contributed by atoms with van der Waals surface area (Å²) in [6.45, 7) is 2.09. The molecule has 0 saturated heterocycles. The molecule has 4 heteroatoms. The minimum atomic E-state index is -0.316. The van der Waals surface area contributed by atoms with Gasteiger partial charge in [-0.2, -0.15) is 0 Å². The van der Waals surface area contributed by atoms with Gasteiger partial charge >= 0.3 is 5.97 Å². The van der Waals surface area contributed by atoms with E-state index >= 15 is 0 Å². The van der Waals surface area contributed by atoms with Gasteiger partial charge in [0.1, 0.15) is 0 Å². The summed E-state index contributed by atoms with van der Waals surface area (Å²) >= 11 is 5.29. The predicted molar refractivity (Wildman–Crippen MR) is 86.2 cm³/mol. The van der Waals surface area contributed by atoms with Gasteiger partial charge in [-0.15, -0.1) is 11.8 Å². The van der Waals surface area contributed by atoms with E-state index in [2.05, 4.69) is 47.1 Å². The quantitative estimate of drug-likeness (QED) is 0.583. The van der Waals surface area contributed by atoms with E-state index in [1.807, 2.05) is 6.07 Å². The van der Waals surface area contributed by atoms with Gasteiger partial charge in [-0.3, -0.25) is 0 Å². The Balaban J connectivity index is 2.08. The van der Waals surface area contributed by atoms with Crippen molar-refractivity contribution in [2.45, 2.75) is 17.6 Å². The summed E-state index contributed by atoms with van der Waals surface area (Å²) in [5.74, 6) is 0.537. The van der Waals surface area contributed by atoms with Gasteiger partial charge in [0, 0.05) is 15.1 Å². The lowest BCUT2D eigenvalue weighted by atomic mass is 10.1. The zero-order valence-corrected chi connectivity index (χ0v) is 13.8. The van der Waals surface area contributed by atoms with Crippen LogP contribution in [0.15, 0.2) is 51.8 Å². The van der Waals surface area contributed by atoms with Crippen LogP contribution in [0.1, 0.15) is 21.5 Å². The smallest absolute Gasteiger partial charge is 0.337 e. The van der Waals surface area contributed by atoms with Gasteiger partial charge in [0.2, 0.25) is 0 Å². The summed E-state index contributed by atoms with van der Waals surface area (Å²) in [4.78, 5) is 12.7. The number of ether oxygens (including phenoxy) is 1. The molecule has 20 heavy (non-hydrogen) atoms. The SMILES string of the molecule is COC(=O)c1ccc(CSc2cccc(C)c2)c(Br)c1. The van der Waals surface area contributed by atoms with Gasteiger partial charge in [-0.25, -0.2) is 4.79 Å². The Hall–Kier alpha value is -1.26. The molecule has 0 saturated carbocycles. The van der Waals surface area contributed by atoms with Gasteiger partial charge in [0.05, 0.1) is 12.7 Å². The topological polar surface area (TPSA) is 26.3 Å². The van der Waals surface area contributed by atoms with Crippen LogP contribution in [0.3, 0.4) is 0 Å². The molecule has 0 N–H and O–H groups in total. The third-order valence-electron chi connectivity index (χ3n) is 2.86. The molecule has 0 fully saturated rings. The van der Waals surface area contributed by atoms with E-state index in [9.17, 15) is 4.79 Å². The Kier molecular flexibility index (Phi) is 5.26. The second-order valence-corrected chi connectivity index (χ2v) is 6.31. The van der Waals surface area contributed by atoms with Crippen molar-refractivity contribution in [1.82, 2.24) is 0 Å². The number of rotatable bonds is 4. The van der Waals surface area contributed by atoms with Crippen LogP contribution >= 0.6 is 27.7 Å². The van der Waals surface area contributed by atoms with Crippen molar-refractivity contribution in [3.05, 3.63) is 63.6 Å². The standard InChI is InChI=1S/C16H15BrO2S/c1-11-4-3-5-14(8-11)20-10-13-7-6-12(9-15(13)17)16(18)19-2/h3-9H,10H2,1-2H3. The zero-order valence-electron chi connectivity index (χ0n) is 11.4. The van der Waals surface area contributed by atoms with E-state index < -0.39 is 0 Å². The minimum Gasteiger partial charge on any atom is -0.465 e. The van der Waals surface area contributed by atoms with Gasteiger partial charge in [0.25, 0.3) is 0 Å². The van der Waals surface area contributed by atoms with Crippen molar-refractivity contribution in [3.63, 3.8) is 0 Å². The molecule has 104 valence electrons. The predicted octanol–water partition coefficient (Wildman–Crippen LogP) is 4.84. The van der Waals surface area contributed by atoms with E-state index in [1.54, 1.807) is 23.9 Å². The number of methoxy groups -OCH3 is 1. The Bertz CT molecular complexity index is 626. The molecule has 0 bridgehead atoms. The van der Waals surface area contributed by atoms with Crippen molar-refractivity contribution in [2.24, 2.45) is 0 Å². The highest BCUT2D eigenvalue weighted by molar-refractivity contribution is 9.10. The fraction of sp³-hybridized carbons (Fsp3) is 0.188. The highest BCUT2D eigenvalue weighted by atomic mass is 79.9. The van der Waals surface area contributed by atoms with Crippen LogP contribution in [0.5, 0.6) is 0 Å². The summed E-state index contributed by atoms with van der Waals surface area (Å²) in [5, 5.41) is 0. The van der Waals surface area contributed by atoms with Crippen molar-refractivity contribution in [2.75, 3.05) is 7.11 Å². The molecule has 0 spiro atoms.